The van der Waals surface area contributed by atoms with E-state index in [1.807, 2.05) is 0 Å². The number of benzene rings is 1. The van der Waals surface area contributed by atoms with Crippen molar-refractivity contribution in [3.63, 3.8) is 0 Å². The number of hydrogen-bond donors (Lipinski definition) is 1. The number of carbonyl (C=O) groups is 1. The molecule has 0 aliphatic carbocycles. The Balaban J connectivity index is 3.45. The van der Waals surface area contributed by atoms with Gasteiger partial charge < -0.3 is 15.2 Å². The lowest BCUT2D eigenvalue weighted by Crippen LogP contribution is -2.11. The average Bonchev–Trinajstić information content (AvgIpc) is 2.17. The van der Waals surface area contributed by atoms with E-state index in [2.05, 4.69) is 9.47 Å². The standard InChI is InChI=1S/C9H9F2NO3/c1-14-8-5(11)3-4(10)6(7(8)12)9(13)15-2/h3H,12H2,1-2H3. The van der Waals surface area contributed by atoms with Crippen LogP contribution in [-0.2, 0) is 4.74 Å². The molecule has 1 aromatic carbocycles. The summed E-state index contributed by atoms with van der Waals surface area (Å²) in [5.74, 6) is -3.42. The third kappa shape index (κ3) is 1.83. The molecule has 0 atom stereocenters. The summed E-state index contributed by atoms with van der Waals surface area (Å²) >= 11 is 0. The molecule has 0 bridgehead atoms. The van der Waals surface area contributed by atoms with Crippen LogP contribution < -0.4 is 10.5 Å². The zero-order valence-electron chi connectivity index (χ0n) is 8.14. The van der Waals surface area contributed by atoms with Crippen molar-refractivity contribution in [1.29, 1.82) is 0 Å². The lowest BCUT2D eigenvalue weighted by Gasteiger charge is -2.10. The number of halogens is 2. The van der Waals surface area contributed by atoms with Crippen molar-refractivity contribution in [2.75, 3.05) is 20.0 Å². The highest BCUT2D eigenvalue weighted by atomic mass is 19.1. The Bertz CT molecular complexity index is 407. The Morgan fingerprint density at radius 3 is 2.40 bits per heavy atom. The molecule has 0 spiro atoms. The third-order valence-corrected chi connectivity index (χ3v) is 1.82. The van der Waals surface area contributed by atoms with Crippen LogP contribution in [0, 0.1) is 11.6 Å². The fourth-order valence-corrected chi connectivity index (χ4v) is 1.14. The molecule has 0 radical (unpaired) electrons. The smallest absolute Gasteiger partial charge is 0.343 e. The van der Waals surface area contributed by atoms with Crippen molar-refractivity contribution in [3.8, 4) is 5.75 Å². The van der Waals surface area contributed by atoms with Gasteiger partial charge in [0.2, 0.25) is 0 Å². The van der Waals surface area contributed by atoms with Crippen LogP contribution in [0.15, 0.2) is 6.07 Å². The van der Waals surface area contributed by atoms with Gasteiger partial charge in [0.25, 0.3) is 0 Å². The first-order chi connectivity index (χ1) is 7.02. The van der Waals surface area contributed by atoms with E-state index in [4.69, 9.17) is 5.73 Å². The molecule has 0 aliphatic heterocycles. The topological polar surface area (TPSA) is 61.5 Å². The van der Waals surface area contributed by atoms with Gasteiger partial charge in [0, 0.05) is 6.07 Å². The summed E-state index contributed by atoms with van der Waals surface area (Å²) in [6, 6.07) is 0.515. The zero-order chi connectivity index (χ0) is 11.6. The maximum atomic E-state index is 13.2. The van der Waals surface area contributed by atoms with Gasteiger partial charge in [-0.2, -0.15) is 0 Å². The van der Waals surface area contributed by atoms with Crippen molar-refractivity contribution in [2.45, 2.75) is 0 Å². The van der Waals surface area contributed by atoms with Gasteiger partial charge in [-0.3, -0.25) is 0 Å². The number of anilines is 1. The second kappa shape index (κ2) is 4.12. The summed E-state index contributed by atoms with van der Waals surface area (Å²) < 4.78 is 35.1. The van der Waals surface area contributed by atoms with E-state index in [9.17, 15) is 13.6 Å². The summed E-state index contributed by atoms with van der Waals surface area (Å²) in [5, 5.41) is 0. The van der Waals surface area contributed by atoms with Gasteiger partial charge in [0.1, 0.15) is 11.4 Å². The number of hydrogen-bond acceptors (Lipinski definition) is 4. The van der Waals surface area contributed by atoms with Crippen LogP contribution in [0.3, 0.4) is 0 Å². The molecule has 82 valence electrons. The number of carbonyl (C=O) groups excluding carboxylic acids is 1. The van der Waals surface area contributed by atoms with Gasteiger partial charge in [0.05, 0.1) is 19.9 Å². The first-order valence-electron chi connectivity index (χ1n) is 3.92. The van der Waals surface area contributed by atoms with Crippen LogP contribution in [-0.4, -0.2) is 20.2 Å². The fraction of sp³-hybridized carbons (Fsp3) is 0.222. The van der Waals surface area contributed by atoms with Crippen LogP contribution in [0.5, 0.6) is 5.75 Å². The quantitative estimate of drug-likeness (QED) is 0.599. The van der Waals surface area contributed by atoms with E-state index < -0.39 is 28.9 Å². The normalized spacial score (nSPS) is 9.87. The predicted octanol–water partition coefficient (Wildman–Crippen LogP) is 1.34. The van der Waals surface area contributed by atoms with E-state index in [0.717, 1.165) is 14.2 Å². The molecular formula is C9H9F2NO3. The highest BCUT2D eigenvalue weighted by Gasteiger charge is 2.22. The van der Waals surface area contributed by atoms with Crippen LogP contribution >= 0.6 is 0 Å². The lowest BCUT2D eigenvalue weighted by molar-refractivity contribution is 0.0596. The number of nitrogens with two attached hydrogens (primary N) is 1. The molecule has 0 heterocycles. The molecule has 6 heteroatoms. The first-order valence-corrected chi connectivity index (χ1v) is 3.92. The Labute approximate surface area is 84.6 Å². The van der Waals surface area contributed by atoms with E-state index >= 15 is 0 Å². The number of methoxy groups -OCH3 is 2. The van der Waals surface area contributed by atoms with Crippen molar-refractivity contribution >= 4 is 11.7 Å². The molecule has 0 saturated carbocycles. The molecule has 0 unspecified atom stereocenters. The molecule has 1 rings (SSSR count). The number of ether oxygens (including phenoxy) is 2. The lowest BCUT2D eigenvalue weighted by atomic mass is 10.1. The van der Waals surface area contributed by atoms with E-state index in [1.165, 1.54) is 0 Å². The summed E-state index contributed by atoms with van der Waals surface area (Å²) in [5.41, 5.74) is 4.42. The second-order valence-electron chi connectivity index (χ2n) is 2.65. The SMILES string of the molecule is COC(=O)c1c(F)cc(F)c(OC)c1N. The van der Waals surface area contributed by atoms with Crippen LogP contribution in [0.25, 0.3) is 0 Å². The van der Waals surface area contributed by atoms with Crippen molar-refractivity contribution in [3.05, 3.63) is 23.3 Å². The third-order valence-electron chi connectivity index (χ3n) is 1.82. The molecule has 0 aromatic heterocycles. The minimum absolute atomic E-state index is 0.378. The van der Waals surface area contributed by atoms with Crippen molar-refractivity contribution < 1.29 is 23.0 Å². The summed E-state index contributed by atoms with van der Waals surface area (Å²) in [6.45, 7) is 0. The highest BCUT2D eigenvalue weighted by molar-refractivity contribution is 5.96. The van der Waals surface area contributed by atoms with Crippen LogP contribution in [0.2, 0.25) is 0 Å². The minimum Gasteiger partial charge on any atom is -0.492 e. The molecule has 0 saturated heterocycles. The van der Waals surface area contributed by atoms with E-state index in [0.29, 0.717) is 6.07 Å². The summed E-state index contributed by atoms with van der Waals surface area (Å²) in [7, 11) is 2.23. The van der Waals surface area contributed by atoms with E-state index in [-0.39, 0.29) is 5.75 Å². The number of esters is 1. The average molecular weight is 217 g/mol. The zero-order valence-corrected chi connectivity index (χ0v) is 8.14. The fourth-order valence-electron chi connectivity index (χ4n) is 1.14. The predicted molar refractivity (Wildman–Crippen MR) is 48.7 cm³/mol. The van der Waals surface area contributed by atoms with Crippen LogP contribution in [0.1, 0.15) is 10.4 Å². The van der Waals surface area contributed by atoms with Gasteiger partial charge >= 0.3 is 5.97 Å². The van der Waals surface area contributed by atoms with Gasteiger partial charge in [-0.25, -0.2) is 13.6 Å². The maximum absolute atomic E-state index is 13.2. The Kier molecular flexibility index (Phi) is 3.08. The second-order valence-corrected chi connectivity index (χ2v) is 2.65. The molecular weight excluding hydrogens is 208 g/mol. The molecule has 0 fully saturated rings. The van der Waals surface area contributed by atoms with Gasteiger partial charge in [-0.1, -0.05) is 0 Å². The summed E-state index contributed by atoms with van der Waals surface area (Å²) in [4.78, 5) is 11.1. The maximum Gasteiger partial charge on any atom is 0.343 e. The highest BCUT2D eigenvalue weighted by Crippen LogP contribution is 2.31. The molecule has 4 nitrogen and oxygen atoms in total. The summed E-state index contributed by atoms with van der Waals surface area (Å²) in [6.07, 6.45) is 0. The minimum atomic E-state index is -1.09. The van der Waals surface area contributed by atoms with Gasteiger partial charge in [0.15, 0.2) is 11.6 Å². The van der Waals surface area contributed by atoms with E-state index in [1.54, 1.807) is 0 Å². The molecule has 1 aromatic rings. The molecule has 15 heavy (non-hydrogen) atoms. The molecule has 0 aliphatic rings. The first kappa shape index (κ1) is 11.2. The van der Waals surface area contributed by atoms with Gasteiger partial charge in [-0.05, 0) is 0 Å². The largest absolute Gasteiger partial charge is 0.492 e. The number of nitrogen functional groups attached to an aromatic ring is 1. The molecule has 2 N–H and O–H groups in total. The van der Waals surface area contributed by atoms with Crippen LogP contribution in [0.4, 0.5) is 14.5 Å². The molecule has 0 amide bonds. The monoisotopic (exact) mass is 217 g/mol. The Morgan fingerprint density at radius 1 is 1.33 bits per heavy atom. The van der Waals surface area contributed by atoms with Crippen molar-refractivity contribution in [2.24, 2.45) is 0 Å². The van der Waals surface area contributed by atoms with Crippen molar-refractivity contribution in [1.82, 2.24) is 0 Å². The van der Waals surface area contributed by atoms with Gasteiger partial charge in [-0.15, -0.1) is 0 Å². The number of rotatable bonds is 2. The Hall–Kier alpha value is -1.85. The Morgan fingerprint density at radius 2 is 1.93 bits per heavy atom.